The lowest BCUT2D eigenvalue weighted by atomic mass is 10.0. The Morgan fingerprint density at radius 2 is 0.583 bits per heavy atom. The van der Waals surface area contributed by atoms with Crippen LogP contribution in [0, 0.1) is 27.7 Å². The van der Waals surface area contributed by atoms with Gasteiger partial charge in [0.25, 0.3) is 0 Å². The lowest BCUT2D eigenvalue weighted by Crippen LogP contribution is -2.09. The van der Waals surface area contributed by atoms with Gasteiger partial charge in [-0.2, -0.15) is 0 Å². The number of hydrogen-bond donors (Lipinski definition) is 0. The van der Waals surface area contributed by atoms with Crippen molar-refractivity contribution < 1.29 is 0 Å². The number of hydrogen-bond acceptors (Lipinski definition) is 2. The Hall–Kier alpha value is -5.86. The van der Waals surface area contributed by atoms with E-state index < -0.39 is 0 Å². The maximum Gasteiger partial charge on any atom is 0.0468 e. The molecule has 0 aliphatic rings. The van der Waals surface area contributed by atoms with Gasteiger partial charge >= 0.3 is 0 Å². The van der Waals surface area contributed by atoms with E-state index in [1.807, 2.05) is 0 Å². The number of nitrogens with zero attached hydrogens (tertiary/aromatic N) is 2. The first kappa shape index (κ1) is 30.8. The summed E-state index contributed by atoms with van der Waals surface area (Å²) in [6, 6.07) is 57.2. The van der Waals surface area contributed by atoms with Gasteiger partial charge in [-0.3, -0.25) is 0 Å². The highest BCUT2D eigenvalue weighted by atomic mass is 15.1. The summed E-state index contributed by atoms with van der Waals surface area (Å²) in [5.74, 6) is 0. The van der Waals surface area contributed by atoms with E-state index in [0.717, 1.165) is 39.7 Å². The summed E-state index contributed by atoms with van der Waals surface area (Å²) >= 11 is 0. The lowest BCUT2D eigenvalue weighted by molar-refractivity contribution is 1.27. The maximum absolute atomic E-state index is 2.33. The standard InChI is InChI=1S/C46H40N2/c1-33-5-20-41(21-6-33)47(42-22-7-34(2)8-23-42)45-28-16-37(17-29-45)13-14-38-15-18-40-32-46(30-19-39(40)31-38)48(43-24-9-35(3)10-25-43)44-26-11-36(4)12-27-44/h5-32H,1-4H3/b14-13+. The highest BCUT2D eigenvalue weighted by Gasteiger charge is 2.14. The summed E-state index contributed by atoms with van der Waals surface area (Å²) in [5.41, 5.74) is 14.2. The van der Waals surface area contributed by atoms with Gasteiger partial charge in [-0.15, -0.1) is 0 Å². The molecule has 7 rings (SSSR count). The second kappa shape index (κ2) is 13.5. The van der Waals surface area contributed by atoms with Crippen molar-refractivity contribution in [3.8, 4) is 0 Å². The molecule has 234 valence electrons. The van der Waals surface area contributed by atoms with Crippen LogP contribution in [0.5, 0.6) is 0 Å². The van der Waals surface area contributed by atoms with Crippen LogP contribution in [0.15, 0.2) is 158 Å². The number of aryl methyl sites for hydroxylation is 4. The molecule has 48 heavy (non-hydrogen) atoms. The summed E-state index contributed by atoms with van der Waals surface area (Å²) < 4.78 is 0. The first-order valence-electron chi connectivity index (χ1n) is 16.6. The van der Waals surface area contributed by atoms with E-state index in [9.17, 15) is 0 Å². The van der Waals surface area contributed by atoms with Crippen LogP contribution >= 0.6 is 0 Å². The summed E-state index contributed by atoms with van der Waals surface area (Å²) in [5, 5.41) is 2.43. The summed E-state index contributed by atoms with van der Waals surface area (Å²) in [6.07, 6.45) is 4.39. The molecule has 0 spiro atoms. The zero-order valence-corrected chi connectivity index (χ0v) is 28.1. The normalized spacial score (nSPS) is 11.2. The van der Waals surface area contributed by atoms with E-state index in [1.54, 1.807) is 0 Å². The van der Waals surface area contributed by atoms with Crippen molar-refractivity contribution in [2.75, 3.05) is 9.80 Å². The number of anilines is 6. The maximum atomic E-state index is 2.33. The van der Waals surface area contributed by atoms with Gasteiger partial charge < -0.3 is 9.80 Å². The van der Waals surface area contributed by atoms with Crippen molar-refractivity contribution in [1.82, 2.24) is 0 Å². The Morgan fingerprint density at radius 3 is 1.02 bits per heavy atom. The molecule has 0 aliphatic heterocycles. The van der Waals surface area contributed by atoms with E-state index in [0.29, 0.717) is 0 Å². The molecule has 0 amide bonds. The number of benzene rings is 7. The van der Waals surface area contributed by atoms with Crippen LogP contribution in [0.4, 0.5) is 34.1 Å². The molecule has 2 heteroatoms. The molecule has 7 aromatic rings. The molecule has 0 saturated carbocycles. The van der Waals surface area contributed by atoms with Crippen LogP contribution in [0.2, 0.25) is 0 Å². The Morgan fingerprint density at radius 1 is 0.292 bits per heavy atom. The fourth-order valence-corrected chi connectivity index (χ4v) is 6.09. The average Bonchev–Trinajstić information content (AvgIpc) is 3.11. The van der Waals surface area contributed by atoms with Crippen molar-refractivity contribution in [3.05, 3.63) is 191 Å². The Balaban J connectivity index is 1.14. The molecule has 0 bridgehead atoms. The molecule has 7 aromatic carbocycles. The summed E-state index contributed by atoms with van der Waals surface area (Å²) in [6.45, 7) is 8.51. The van der Waals surface area contributed by atoms with Crippen LogP contribution in [0.3, 0.4) is 0 Å². The molecule has 0 fully saturated rings. The van der Waals surface area contributed by atoms with Gasteiger partial charge in [0.15, 0.2) is 0 Å². The fraction of sp³-hybridized carbons (Fsp3) is 0.0870. The van der Waals surface area contributed by atoms with Crippen molar-refractivity contribution in [2.24, 2.45) is 0 Å². The third kappa shape index (κ3) is 6.79. The zero-order chi connectivity index (χ0) is 33.0. The predicted octanol–water partition coefficient (Wildman–Crippen LogP) is 13.2. The molecule has 0 unspecified atom stereocenters. The molecular weight excluding hydrogens is 581 g/mol. The number of fused-ring (bicyclic) bond motifs is 1. The number of rotatable bonds is 8. The van der Waals surface area contributed by atoms with Crippen molar-refractivity contribution in [2.45, 2.75) is 27.7 Å². The fourth-order valence-electron chi connectivity index (χ4n) is 6.09. The summed E-state index contributed by atoms with van der Waals surface area (Å²) in [7, 11) is 0. The molecule has 0 aromatic heterocycles. The molecule has 0 N–H and O–H groups in total. The molecule has 0 saturated heterocycles. The smallest absolute Gasteiger partial charge is 0.0468 e. The predicted molar refractivity (Wildman–Crippen MR) is 208 cm³/mol. The minimum Gasteiger partial charge on any atom is -0.311 e. The van der Waals surface area contributed by atoms with Gasteiger partial charge in [-0.1, -0.05) is 113 Å². The van der Waals surface area contributed by atoms with Gasteiger partial charge in [-0.05, 0) is 128 Å². The third-order valence-corrected chi connectivity index (χ3v) is 8.89. The second-order valence-corrected chi connectivity index (χ2v) is 12.7. The Labute approximate surface area is 284 Å². The zero-order valence-electron chi connectivity index (χ0n) is 28.1. The van der Waals surface area contributed by atoms with Gasteiger partial charge in [0.2, 0.25) is 0 Å². The van der Waals surface area contributed by atoms with Crippen LogP contribution in [0.1, 0.15) is 33.4 Å². The molecule has 0 aliphatic carbocycles. The van der Waals surface area contributed by atoms with E-state index in [-0.39, 0.29) is 0 Å². The van der Waals surface area contributed by atoms with Crippen molar-refractivity contribution >= 4 is 57.0 Å². The summed E-state index contributed by atoms with van der Waals surface area (Å²) in [4.78, 5) is 4.64. The second-order valence-electron chi connectivity index (χ2n) is 12.7. The van der Waals surface area contributed by atoms with E-state index in [2.05, 4.69) is 207 Å². The van der Waals surface area contributed by atoms with E-state index in [4.69, 9.17) is 0 Å². The third-order valence-electron chi connectivity index (χ3n) is 8.89. The van der Waals surface area contributed by atoms with Crippen LogP contribution in [-0.2, 0) is 0 Å². The molecule has 0 heterocycles. The Bertz CT molecular complexity index is 2080. The van der Waals surface area contributed by atoms with Crippen LogP contribution in [0.25, 0.3) is 22.9 Å². The molecule has 2 nitrogen and oxygen atoms in total. The minimum absolute atomic E-state index is 1.13. The van der Waals surface area contributed by atoms with Crippen molar-refractivity contribution in [3.63, 3.8) is 0 Å². The Kier molecular flexibility index (Phi) is 8.64. The largest absolute Gasteiger partial charge is 0.311 e. The first-order chi connectivity index (χ1) is 23.4. The van der Waals surface area contributed by atoms with Gasteiger partial charge in [0.05, 0.1) is 0 Å². The first-order valence-corrected chi connectivity index (χ1v) is 16.6. The highest BCUT2D eigenvalue weighted by molar-refractivity contribution is 5.91. The van der Waals surface area contributed by atoms with Gasteiger partial charge in [0.1, 0.15) is 0 Å². The lowest BCUT2D eigenvalue weighted by Gasteiger charge is -2.26. The van der Waals surface area contributed by atoms with Crippen LogP contribution in [-0.4, -0.2) is 0 Å². The molecular formula is C46H40N2. The van der Waals surface area contributed by atoms with Crippen molar-refractivity contribution in [1.29, 1.82) is 0 Å². The SMILES string of the molecule is Cc1ccc(N(c2ccc(C)cc2)c2ccc(/C=C/c3ccc4cc(N(c5ccc(C)cc5)c5ccc(C)cc5)ccc4c3)cc2)cc1. The molecule has 0 radical (unpaired) electrons. The highest BCUT2D eigenvalue weighted by Crippen LogP contribution is 2.37. The van der Waals surface area contributed by atoms with E-state index in [1.165, 1.54) is 38.6 Å². The average molecular weight is 621 g/mol. The molecule has 0 atom stereocenters. The van der Waals surface area contributed by atoms with Gasteiger partial charge in [0, 0.05) is 34.1 Å². The monoisotopic (exact) mass is 620 g/mol. The van der Waals surface area contributed by atoms with E-state index >= 15 is 0 Å². The topological polar surface area (TPSA) is 6.48 Å². The quantitative estimate of drug-likeness (QED) is 0.156. The van der Waals surface area contributed by atoms with Gasteiger partial charge in [-0.25, -0.2) is 0 Å². The minimum atomic E-state index is 1.13. The van der Waals surface area contributed by atoms with Crippen LogP contribution < -0.4 is 9.80 Å².